The Morgan fingerprint density at radius 3 is 2.59 bits per heavy atom. The van der Waals surface area contributed by atoms with Crippen LogP contribution in [-0.4, -0.2) is 18.7 Å². The lowest BCUT2D eigenvalue weighted by Gasteiger charge is -2.15. The van der Waals surface area contributed by atoms with Gasteiger partial charge < -0.3 is 10.6 Å². The lowest BCUT2D eigenvalue weighted by Crippen LogP contribution is -2.19. The van der Waals surface area contributed by atoms with E-state index in [1.165, 1.54) is 5.56 Å². The van der Waals surface area contributed by atoms with Crippen molar-refractivity contribution >= 4 is 23.4 Å². The summed E-state index contributed by atoms with van der Waals surface area (Å²) in [6, 6.07) is 17.8. The van der Waals surface area contributed by atoms with Gasteiger partial charge in [0.2, 0.25) is 5.91 Å². The summed E-state index contributed by atoms with van der Waals surface area (Å²) >= 11 is 1.54. The predicted octanol–water partition coefficient (Wildman–Crippen LogP) is 3.84. The predicted molar refractivity (Wildman–Crippen MR) is 95.2 cm³/mol. The van der Waals surface area contributed by atoms with E-state index in [2.05, 4.69) is 23.6 Å². The molecular formula is C18H22N2OS. The van der Waals surface area contributed by atoms with Gasteiger partial charge in [-0.05, 0) is 36.1 Å². The maximum Gasteiger partial charge on any atom is 0.241 e. The smallest absolute Gasteiger partial charge is 0.241 e. The molecule has 2 aromatic rings. The maximum absolute atomic E-state index is 12.5. The topological polar surface area (TPSA) is 41.1 Å². The van der Waals surface area contributed by atoms with Crippen molar-refractivity contribution < 1.29 is 4.79 Å². The fourth-order valence-corrected chi connectivity index (χ4v) is 2.96. The van der Waals surface area contributed by atoms with Crippen LogP contribution in [0.1, 0.15) is 23.3 Å². The first kappa shape index (κ1) is 16.6. The van der Waals surface area contributed by atoms with E-state index in [9.17, 15) is 4.79 Å². The Bertz CT molecular complexity index is 601. The number of amides is 1. The highest BCUT2D eigenvalue weighted by molar-refractivity contribution is 7.99. The third-order valence-electron chi connectivity index (χ3n) is 3.35. The molecule has 22 heavy (non-hydrogen) atoms. The van der Waals surface area contributed by atoms with Crippen LogP contribution >= 0.6 is 11.8 Å². The molecule has 2 N–H and O–H groups in total. The van der Waals surface area contributed by atoms with Crippen molar-refractivity contribution in [2.24, 2.45) is 0 Å². The molecule has 0 aromatic heterocycles. The van der Waals surface area contributed by atoms with Gasteiger partial charge in [0.25, 0.3) is 0 Å². The molecule has 0 spiro atoms. The van der Waals surface area contributed by atoms with Crippen molar-refractivity contribution in [1.29, 1.82) is 0 Å². The molecule has 1 amide bonds. The van der Waals surface area contributed by atoms with E-state index in [0.29, 0.717) is 0 Å². The average molecular weight is 314 g/mol. The molecule has 1 unspecified atom stereocenters. The highest BCUT2D eigenvalue weighted by atomic mass is 32.2. The van der Waals surface area contributed by atoms with Crippen molar-refractivity contribution in [2.45, 2.75) is 18.7 Å². The molecule has 0 saturated heterocycles. The minimum absolute atomic E-state index is 0.0132. The number of anilines is 1. The van der Waals surface area contributed by atoms with Crippen LogP contribution in [0.3, 0.4) is 0 Å². The number of rotatable bonds is 7. The third kappa shape index (κ3) is 4.61. The first-order valence-corrected chi connectivity index (χ1v) is 8.71. The fourth-order valence-electron chi connectivity index (χ4n) is 2.26. The van der Waals surface area contributed by atoms with Gasteiger partial charge in [0.05, 0.1) is 0 Å². The Labute approximate surface area is 136 Å². The molecule has 4 heteroatoms. The van der Waals surface area contributed by atoms with E-state index in [1.807, 2.05) is 54.8 Å². The molecule has 0 aliphatic rings. The second-order valence-electron chi connectivity index (χ2n) is 5.00. The summed E-state index contributed by atoms with van der Waals surface area (Å²) in [6.07, 6.45) is 1.96. The van der Waals surface area contributed by atoms with Gasteiger partial charge in [-0.25, -0.2) is 0 Å². The molecule has 116 valence electrons. The van der Waals surface area contributed by atoms with E-state index in [1.54, 1.807) is 11.8 Å². The summed E-state index contributed by atoms with van der Waals surface area (Å²) in [7, 11) is 0. The van der Waals surface area contributed by atoms with Crippen molar-refractivity contribution in [3.63, 3.8) is 0 Å². The minimum Gasteiger partial charge on any atom is -0.325 e. The van der Waals surface area contributed by atoms with Gasteiger partial charge >= 0.3 is 0 Å². The van der Waals surface area contributed by atoms with E-state index >= 15 is 0 Å². The Hall–Kier alpha value is -1.78. The molecule has 0 saturated carbocycles. The lowest BCUT2D eigenvalue weighted by atomic mass is 10.1. The molecular weight excluding hydrogens is 292 g/mol. The summed E-state index contributed by atoms with van der Waals surface area (Å²) in [4.78, 5) is 12.5. The van der Waals surface area contributed by atoms with Crippen molar-refractivity contribution in [3.05, 3.63) is 65.7 Å². The van der Waals surface area contributed by atoms with Crippen LogP contribution in [0.15, 0.2) is 54.6 Å². The molecule has 3 nitrogen and oxygen atoms in total. The van der Waals surface area contributed by atoms with E-state index < -0.39 is 0 Å². The summed E-state index contributed by atoms with van der Waals surface area (Å²) in [5.74, 6) is 0.0132. The first-order chi connectivity index (χ1) is 10.7. The Morgan fingerprint density at radius 1 is 1.14 bits per heavy atom. The zero-order valence-corrected chi connectivity index (χ0v) is 13.8. The Kier molecular flexibility index (Phi) is 6.49. The maximum atomic E-state index is 12.5. The van der Waals surface area contributed by atoms with Crippen molar-refractivity contribution in [1.82, 2.24) is 5.32 Å². The normalized spacial score (nSPS) is 11.9. The fraction of sp³-hybridized carbons (Fsp3) is 0.278. The Balaban J connectivity index is 2.07. The SMILES string of the molecule is CCNCc1cccc(NC(=O)C(SC)c2ccccc2)c1. The van der Waals surface area contributed by atoms with Crippen LogP contribution in [0, 0.1) is 0 Å². The number of benzene rings is 2. The third-order valence-corrected chi connectivity index (χ3v) is 4.31. The second-order valence-corrected chi connectivity index (χ2v) is 5.94. The molecule has 0 radical (unpaired) electrons. The van der Waals surface area contributed by atoms with Gasteiger partial charge in [0.15, 0.2) is 0 Å². The first-order valence-electron chi connectivity index (χ1n) is 7.43. The van der Waals surface area contributed by atoms with Crippen LogP contribution in [0.25, 0.3) is 0 Å². The molecule has 2 aromatic carbocycles. The van der Waals surface area contributed by atoms with Gasteiger partial charge in [0.1, 0.15) is 5.25 Å². The zero-order valence-electron chi connectivity index (χ0n) is 13.0. The van der Waals surface area contributed by atoms with Crippen LogP contribution in [0.2, 0.25) is 0 Å². The number of carbonyl (C=O) groups is 1. The monoisotopic (exact) mass is 314 g/mol. The van der Waals surface area contributed by atoms with Gasteiger partial charge in [-0.3, -0.25) is 4.79 Å². The second kappa shape index (κ2) is 8.61. The van der Waals surface area contributed by atoms with Crippen molar-refractivity contribution in [3.8, 4) is 0 Å². The average Bonchev–Trinajstić information content (AvgIpc) is 2.55. The van der Waals surface area contributed by atoms with Crippen LogP contribution in [0.4, 0.5) is 5.69 Å². The van der Waals surface area contributed by atoms with Crippen LogP contribution in [-0.2, 0) is 11.3 Å². The number of carbonyl (C=O) groups excluding carboxylic acids is 1. The lowest BCUT2D eigenvalue weighted by molar-refractivity contribution is -0.115. The number of hydrogen-bond donors (Lipinski definition) is 2. The van der Waals surface area contributed by atoms with Crippen molar-refractivity contribution in [2.75, 3.05) is 18.1 Å². The molecule has 1 atom stereocenters. The van der Waals surface area contributed by atoms with Gasteiger partial charge in [-0.2, -0.15) is 0 Å². The molecule has 0 heterocycles. The zero-order chi connectivity index (χ0) is 15.8. The Morgan fingerprint density at radius 2 is 1.91 bits per heavy atom. The highest BCUT2D eigenvalue weighted by Gasteiger charge is 2.19. The van der Waals surface area contributed by atoms with Gasteiger partial charge in [-0.15, -0.1) is 11.8 Å². The summed E-state index contributed by atoms with van der Waals surface area (Å²) < 4.78 is 0. The molecule has 0 aliphatic heterocycles. The standard InChI is InChI=1S/C18H22N2OS/c1-3-19-13-14-8-7-11-16(12-14)20-18(21)17(22-2)15-9-5-4-6-10-15/h4-12,17,19H,3,13H2,1-2H3,(H,20,21). The number of nitrogens with one attached hydrogen (secondary N) is 2. The summed E-state index contributed by atoms with van der Waals surface area (Å²) in [5, 5.41) is 6.11. The van der Waals surface area contributed by atoms with E-state index in [-0.39, 0.29) is 11.2 Å². The summed E-state index contributed by atoms with van der Waals surface area (Å²) in [5.41, 5.74) is 3.03. The minimum atomic E-state index is -0.196. The van der Waals surface area contributed by atoms with Gasteiger partial charge in [0, 0.05) is 12.2 Å². The van der Waals surface area contributed by atoms with Crippen LogP contribution in [0.5, 0.6) is 0 Å². The molecule has 0 fully saturated rings. The van der Waals surface area contributed by atoms with Gasteiger partial charge in [-0.1, -0.05) is 49.4 Å². The van der Waals surface area contributed by atoms with E-state index in [4.69, 9.17) is 0 Å². The highest BCUT2D eigenvalue weighted by Crippen LogP contribution is 2.28. The summed E-state index contributed by atoms with van der Waals surface area (Å²) in [6.45, 7) is 3.82. The molecule has 0 bridgehead atoms. The quantitative estimate of drug-likeness (QED) is 0.816. The van der Waals surface area contributed by atoms with E-state index in [0.717, 1.165) is 24.3 Å². The largest absolute Gasteiger partial charge is 0.325 e. The molecule has 0 aliphatic carbocycles. The molecule has 2 rings (SSSR count). The number of hydrogen-bond acceptors (Lipinski definition) is 3. The number of thioether (sulfide) groups is 1. The van der Waals surface area contributed by atoms with Crippen LogP contribution < -0.4 is 10.6 Å².